The summed E-state index contributed by atoms with van der Waals surface area (Å²) >= 11 is 0. The number of aliphatic hydroxyl groups is 2. The molecule has 0 fully saturated rings. The summed E-state index contributed by atoms with van der Waals surface area (Å²) in [6.07, 6.45) is 0.0145. The summed E-state index contributed by atoms with van der Waals surface area (Å²) in [5, 5.41) is 17.0. The average Bonchev–Trinajstić information content (AvgIpc) is 2.36. The number of ether oxygens (including phenoxy) is 2. The number of aliphatic hydroxyl groups excluding tert-OH is 2. The van der Waals surface area contributed by atoms with Crippen LogP contribution in [-0.4, -0.2) is 47.6 Å². The third-order valence-corrected chi connectivity index (χ3v) is 1.55. The lowest BCUT2D eigenvalue weighted by Crippen LogP contribution is -2.18. The maximum Gasteiger partial charge on any atom is 0.333 e. The molecule has 0 saturated carbocycles. The Kier molecular flexibility index (Phi) is 11.8. The molecule has 2 N–H and O–H groups in total. The molecular weight excluding hydrogens is 252 g/mol. The van der Waals surface area contributed by atoms with Gasteiger partial charge in [0.1, 0.15) is 12.7 Å². The van der Waals surface area contributed by atoms with E-state index in [0.717, 1.165) is 6.08 Å². The first-order valence-corrected chi connectivity index (χ1v) is 5.69. The van der Waals surface area contributed by atoms with Crippen LogP contribution in [0.25, 0.3) is 0 Å². The van der Waals surface area contributed by atoms with Crippen molar-refractivity contribution in [2.75, 3.05) is 13.2 Å². The first kappa shape index (κ1) is 19.7. The lowest BCUT2D eigenvalue weighted by Gasteiger charge is -2.08. The van der Waals surface area contributed by atoms with Crippen LogP contribution in [0.2, 0.25) is 0 Å². The van der Waals surface area contributed by atoms with Gasteiger partial charge in [-0.05, 0) is 20.8 Å². The van der Waals surface area contributed by atoms with Crippen LogP contribution in [0.5, 0.6) is 0 Å². The van der Waals surface area contributed by atoms with Gasteiger partial charge in [0.25, 0.3) is 0 Å². The second kappa shape index (κ2) is 11.4. The molecule has 0 aliphatic heterocycles. The Morgan fingerprint density at radius 3 is 2.21 bits per heavy atom. The van der Waals surface area contributed by atoms with Crippen molar-refractivity contribution in [1.29, 1.82) is 0 Å². The Balaban J connectivity index is 0. The minimum atomic E-state index is -0.603. The number of rotatable bonds is 6. The summed E-state index contributed by atoms with van der Waals surface area (Å²) in [5.74, 6) is -0.961. The van der Waals surface area contributed by atoms with E-state index in [9.17, 15) is 9.59 Å². The van der Waals surface area contributed by atoms with Gasteiger partial charge in [-0.1, -0.05) is 13.2 Å². The first-order valence-electron chi connectivity index (χ1n) is 5.69. The Bertz CT molecular complexity index is 308. The van der Waals surface area contributed by atoms with Crippen LogP contribution in [0.1, 0.15) is 20.8 Å². The van der Waals surface area contributed by atoms with Crippen LogP contribution in [0.15, 0.2) is 24.8 Å². The highest BCUT2D eigenvalue weighted by Gasteiger charge is 2.07. The fraction of sp³-hybridized carbons (Fsp3) is 0.538. The predicted molar refractivity (Wildman–Crippen MR) is 70.3 cm³/mol. The van der Waals surface area contributed by atoms with Gasteiger partial charge in [-0.25, -0.2) is 9.59 Å². The lowest BCUT2D eigenvalue weighted by atomic mass is 10.3. The minimum absolute atomic E-state index is 0.0326. The minimum Gasteiger partial charge on any atom is -0.460 e. The third kappa shape index (κ3) is 14.3. The van der Waals surface area contributed by atoms with E-state index < -0.39 is 24.1 Å². The van der Waals surface area contributed by atoms with Crippen LogP contribution in [0, 0.1) is 0 Å². The van der Waals surface area contributed by atoms with E-state index in [4.69, 9.17) is 10.2 Å². The highest BCUT2D eigenvalue weighted by Crippen LogP contribution is 1.96. The van der Waals surface area contributed by atoms with E-state index in [1.54, 1.807) is 13.8 Å². The van der Waals surface area contributed by atoms with Crippen molar-refractivity contribution in [3.8, 4) is 0 Å². The summed E-state index contributed by atoms with van der Waals surface area (Å²) in [4.78, 5) is 20.9. The van der Waals surface area contributed by atoms with Crippen LogP contribution >= 0.6 is 0 Å². The van der Waals surface area contributed by atoms with Crippen LogP contribution in [-0.2, 0) is 19.1 Å². The van der Waals surface area contributed by atoms with E-state index in [1.165, 1.54) is 6.92 Å². The molecule has 0 rings (SSSR count). The average molecular weight is 274 g/mol. The van der Waals surface area contributed by atoms with Gasteiger partial charge in [-0.2, -0.15) is 0 Å². The van der Waals surface area contributed by atoms with Gasteiger partial charge in [-0.3, -0.25) is 0 Å². The number of hydrogen-bond acceptors (Lipinski definition) is 6. The summed E-state index contributed by atoms with van der Waals surface area (Å²) in [7, 11) is 0. The number of hydrogen-bond donors (Lipinski definition) is 2. The molecule has 0 saturated heterocycles. The molecule has 0 heterocycles. The van der Waals surface area contributed by atoms with Crippen molar-refractivity contribution in [2.45, 2.75) is 33.0 Å². The Morgan fingerprint density at radius 1 is 1.37 bits per heavy atom. The molecule has 0 aromatic carbocycles. The van der Waals surface area contributed by atoms with Crippen molar-refractivity contribution in [2.24, 2.45) is 0 Å². The van der Waals surface area contributed by atoms with E-state index in [1.807, 2.05) is 0 Å². The van der Waals surface area contributed by atoms with Gasteiger partial charge in [0.05, 0.1) is 12.7 Å². The van der Waals surface area contributed by atoms with Crippen molar-refractivity contribution < 1.29 is 29.3 Å². The second-order valence-electron chi connectivity index (χ2n) is 3.86. The summed E-state index contributed by atoms with van der Waals surface area (Å²) < 4.78 is 9.12. The van der Waals surface area contributed by atoms with Crippen molar-refractivity contribution in [3.63, 3.8) is 0 Å². The molecule has 0 bridgehead atoms. The number of esters is 2. The molecule has 0 radical (unpaired) electrons. The van der Waals surface area contributed by atoms with Crippen LogP contribution in [0.4, 0.5) is 0 Å². The molecule has 0 aromatic rings. The molecule has 6 nitrogen and oxygen atoms in total. The number of carbonyl (C=O) groups is 2. The highest BCUT2D eigenvalue weighted by molar-refractivity contribution is 5.87. The predicted octanol–water partition coefficient (Wildman–Crippen LogP) is 0.583. The topological polar surface area (TPSA) is 93.1 Å². The van der Waals surface area contributed by atoms with Gasteiger partial charge in [0, 0.05) is 11.6 Å². The zero-order valence-electron chi connectivity index (χ0n) is 11.6. The van der Waals surface area contributed by atoms with E-state index >= 15 is 0 Å². The second-order valence-corrected chi connectivity index (χ2v) is 3.86. The molecule has 2 atom stereocenters. The molecule has 0 spiro atoms. The molecule has 0 aliphatic rings. The third-order valence-electron chi connectivity index (χ3n) is 1.55. The largest absolute Gasteiger partial charge is 0.460 e. The molecule has 110 valence electrons. The zero-order chi connectivity index (χ0) is 15.4. The van der Waals surface area contributed by atoms with E-state index in [-0.39, 0.29) is 13.2 Å². The van der Waals surface area contributed by atoms with Crippen LogP contribution in [0.3, 0.4) is 0 Å². The Morgan fingerprint density at radius 2 is 1.89 bits per heavy atom. The molecule has 0 aromatic heterocycles. The fourth-order valence-electron chi connectivity index (χ4n) is 0.582. The van der Waals surface area contributed by atoms with Gasteiger partial charge in [-0.15, -0.1) is 0 Å². The first-order chi connectivity index (χ1) is 8.74. The summed E-state index contributed by atoms with van der Waals surface area (Å²) in [6, 6.07) is 0. The van der Waals surface area contributed by atoms with Crippen molar-refractivity contribution in [3.05, 3.63) is 24.8 Å². The van der Waals surface area contributed by atoms with E-state index in [2.05, 4.69) is 22.6 Å². The SMILES string of the molecule is C=C(C)C(=O)OC(C)CO.C=CC(=O)OCC(C)O. The normalized spacial score (nSPS) is 12.3. The summed E-state index contributed by atoms with van der Waals surface area (Å²) in [6.45, 7) is 11.2. The van der Waals surface area contributed by atoms with Gasteiger partial charge in [0.15, 0.2) is 0 Å². The maximum atomic E-state index is 10.7. The highest BCUT2D eigenvalue weighted by atomic mass is 16.6. The van der Waals surface area contributed by atoms with Crippen LogP contribution < -0.4 is 0 Å². The van der Waals surface area contributed by atoms with Crippen molar-refractivity contribution in [1.82, 2.24) is 0 Å². The van der Waals surface area contributed by atoms with E-state index in [0.29, 0.717) is 5.57 Å². The number of carbonyl (C=O) groups excluding carboxylic acids is 2. The fourth-order valence-corrected chi connectivity index (χ4v) is 0.582. The Labute approximate surface area is 113 Å². The maximum absolute atomic E-state index is 10.7. The smallest absolute Gasteiger partial charge is 0.333 e. The quantitative estimate of drug-likeness (QED) is 0.543. The molecule has 2 unspecified atom stereocenters. The monoisotopic (exact) mass is 274 g/mol. The molecule has 0 amide bonds. The molecule has 0 aliphatic carbocycles. The standard InChI is InChI=1S/C7H12O3.C6H10O3/c1-5(2)7(9)10-6(3)4-8;1-3-6(8)9-4-5(2)7/h6,8H,1,4H2,2-3H3;3,5,7H,1,4H2,2H3. The Hall–Kier alpha value is -1.66. The molecule has 19 heavy (non-hydrogen) atoms. The van der Waals surface area contributed by atoms with Gasteiger partial charge in [0.2, 0.25) is 0 Å². The van der Waals surface area contributed by atoms with Gasteiger partial charge < -0.3 is 19.7 Å². The molecular formula is C13H22O6. The summed E-state index contributed by atoms with van der Waals surface area (Å²) in [5.41, 5.74) is 0.347. The zero-order valence-corrected chi connectivity index (χ0v) is 11.6. The van der Waals surface area contributed by atoms with Crippen molar-refractivity contribution >= 4 is 11.9 Å². The lowest BCUT2D eigenvalue weighted by molar-refractivity contribution is -0.145. The molecule has 6 heteroatoms. The van der Waals surface area contributed by atoms with Gasteiger partial charge >= 0.3 is 11.9 Å².